The lowest BCUT2D eigenvalue weighted by Gasteiger charge is -2.40. The Morgan fingerprint density at radius 3 is 1.65 bits per heavy atom. The number of nitrogens with one attached hydrogen (secondary N) is 1. The van der Waals surface area contributed by atoms with Crippen molar-refractivity contribution in [3.63, 3.8) is 0 Å². The summed E-state index contributed by atoms with van der Waals surface area (Å²) < 4.78 is 11.2. The molecule has 9 heteroatoms. The Morgan fingerprint density at radius 2 is 1.12 bits per heavy atom. The summed E-state index contributed by atoms with van der Waals surface area (Å²) in [6.07, 6.45) is 31.8. The number of allylic oxidation sites excluding steroid dienone is 5. The second-order valence-corrected chi connectivity index (χ2v) is 14.4. The maximum atomic E-state index is 12.9. The zero-order valence-electron chi connectivity index (χ0n) is 32.4. The van der Waals surface area contributed by atoms with Gasteiger partial charge in [0.1, 0.15) is 24.4 Å². The number of aliphatic hydroxyl groups excluding tert-OH is 5. The van der Waals surface area contributed by atoms with Gasteiger partial charge in [-0.1, -0.05) is 153 Å². The van der Waals surface area contributed by atoms with Crippen LogP contribution in [-0.2, 0) is 14.3 Å². The molecule has 0 aromatic heterocycles. The van der Waals surface area contributed by atoms with Crippen LogP contribution in [0.3, 0.4) is 0 Å². The summed E-state index contributed by atoms with van der Waals surface area (Å²) in [5, 5.41) is 54.0. The molecular formula is C42H77NO8. The first-order chi connectivity index (χ1) is 24.8. The monoisotopic (exact) mass is 724 g/mol. The second-order valence-electron chi connectivity index (χ2n) is 14.4. The van der Waals surface area contributed by atoms with Crippen LogP contribution in [0.25, 0.3) is 0 Å². The summed E-state index contributed by atoms with van der Waals surface area (Å²) in [5.74, 6) is -0.193. The lowest BCUT2D eigenvalue weighted by molar-refractivity contribution is -0.302. The molecule has 6 N–H and O–H groups in total. The predicted molar refractivity (Wildman–Crippen MR) is 207 cm³/mol. The quantitative estimate of drug-likeness (QED) is 0.0298. The van der Waals surface area contributed by atoms with E-state index in [-0.39, 0.29) is 12.5 Å². The molecule has 0 spiro atoms. The molecule has 1 aliphatic rings. The van der Waals surface area contributed by atoms with Gasteiger partial charge < -0.3 is 40.3 Å². The number of ether oxygens (including phenoxy) is 2. The van der Waals surface area contributed by atoms with E-state index in [0.717, 1.165) is 51.4 Å². The molecule has 9 nitrogen and oxygen atoms in total. The SMILES string of the molecule is CCCCCCC/C=C/CC/C=C/CC/C=C/C(O)C(COC1OC(CO)C(O)C(O)C1O)NC(=O)CCCCCCCCCCCCCCC. The van der Waals surface area contributed by atoms with E-state index in [0.29, 0.717) is 6.42 Å². The fourth-order valence-corrected chi connectivity index (χ4v) is 6.30. The van der Waals surface area contributed by atoms with E-state index >= 15 is 0 Å². The highest BCUT2D eigenvalue weighted by Crippen LogP contribution is 2.22. The molecule has 0 bridgehead atoms. The molecule has 0 aromatic rings. The highest BCUT2D eigenvalue weighted by atomic mass is 16.7. The third kappa shape index (κ3) is 24.4. The molecule has 7 atom stereocenters. The van der Waals surface area contributed by atoms with Gasteiger partial charge in [-0.2, -0.15) is 0 Å². The predicted octanol–water partition coefficient (Wildman–Crippen LogP) is 7.72. The van der Waals surface area contributed by atoms with Crippen LogP contribution < -0.4 is 5.32 Å². The van der Waals surface area contributed by atoms with Crippen LogP contribution >= 0.6 is 0 Å². The summed E-state index contributed by atoms with van der Waals surface area (Å²) in [4.78, 5) is 12.9. The van der Waals surface area contributed by atoms with Gasteiger partial charge in [-0.3, -0.25) is 4.79 Å². The molecule has 0 radical (unpaired) electrons. The third-order valence-electron chi connectivity index (χ3n) is 9.70. The van der Waals surface area contributed by atoms with Gasteiger partial charge in [-0.05, 0) is 44.9 Å². The van der Waals surface area contributed by atoms with E-state index in [1.807, 2.05) is 6.08 Å². The van der Waals surface area contributed by atoms with Crippen molar-refractivity contribution in [1.29, 1.82) is 0 Å². The van der Waals surface area contributed by atoms with Gasteiger partial charge in [0.05, 0.1) is 25.4 Å². The molecule has 1 rings (SSSR count). The summed E-state index contributed by atoms with van der Waals surface area (Å²) in [6.45, 7) is 3.71. The fraction of sp³-hybridized carbons (Fsp3) is 0.833. The van der Waals surface area contributed by atoms with E-state index in [1.54, 1.807) is 6.08 Å². The minimum absolute atomic E-state index is 0.193. The largest absolute Gasteiger partial charge is 0.394 e. The minimum Gasteiger partial charge on any atom is -0.394 e. The van der Waals surface area contributed by atoms with Gasteiger partial charge in [0, 0.05) is 6.42 Å². The molecule has 7 unspecified atom stereocenters. The standard InChI is InChI=1S/C42H77NO8/c1-3-5-7-9-11-13-15-17-18-20-21-23-25-27-29-31-36(45)35(34-50-42-41(49)40(48)39(47)37(33-44)51-42)43-38(46)32-30-28-26-24-22-19-16-14-12-10-8-6-4-2/h15,17,21,23,29,31,35-37,39-42,44-45,47-49H,3-14,16,18-20,22,24-28,30,32-34H2,1-2H3,(H,43,46)/b17-15+,23-21+,31-29+. The molecule has 51 heavy (non-hydrogen) atoms. The first-order valence-corrected chi connectivity index (χ1v) is 20.7. The van der Waals surface area contributed by atoms with Crippen molar-refractivity contribution in [2.24, 2.45) is 0 Å². The van der Waals surface area contributed by atoms with Crippen molar-refractivity contribution in [2.75, 3.05) is 13.2 Å². The Labute approximate surface area is 311 Å². The third-order valence-corrected chi connectivity index (χ3v) is 9.70. The number of amides is 1. The molecule has 298 valence electrons. The minimum atomic E-state index is -1.57. The van der Waals surface area contributed by atoms with Gasteiger partial charge in [0.15, 0.2) is 6.29 Å². The Hall–Kier alpha value is -1.59. The molecule has 1 heterocycles. The molecular weight excluding hydrogens is 646 g/mol. The normalized spacial score (nSPS) is 22.4. The van der Waals surface area contributed by atoms with Crippen LogP contribution in [0.2, 0.25) is 0 Å². The van der Waals surface area contributed by atoms with E-state index in [2.05, 4.69) is 43.5 Å². The Balaban J connectivity index is 2.46. The molecule has 1 amide bonds. The first-order valence-electron chi connectivity index (χ1n) is 20.7. The Kier molecular flexibility index (Phi) is 30.7. The van der Waals surface area contributed by atoms with Crippen LogP contribution in [0.15, 0.2) is 36.5 Å². The van der Waals surface area contributed by atoms with E-state index in [4.69, 9.17) is 9.47 Å². The zero-order valence-corrected chi connectivity index (χ0v) is 32.4. The highest BCUT2D eigenvalue weighted by molar-refractivity contribution is 5.76. The smallest absolute Gasteiger partial charge is 0.220 e. The number of rotatable bonds is 33. The lowest BCUT2D eigenvalue weighted by atomic mass is 9.99. The molecule has 1 fully saturated rings. The number of hydrogen-bond acceptors (Lipinski definition) is 8. The molecule has 0 aromatic carbocycles. The number of aliphatic hydroxyl groups is 5. The van der Waals surface area contributed by atoms with E-state index in [9.17, 15) is 30.3 Å². The topological polar surface area (TPSA) is 149 Å². The van der Waals surface area contributed by atoms with Gasteiger partial charge in [-0.15, -0.1) is 0 Å². The van der Waals surface area contributed by atoms with Gasteiger partial charge in [0.25, 0.3) is 0 Å². The molecule has 1 saturated heterocycles. The van der Waals surface area contributed by atoms with Crippen molar-refractivity contribution < 1.29 is 39.8 Å². The molecule has 0 aliphatic carbocycles. The number of carbonyl (C=O) groups is 1. The van der Waals surface area contributed by atoms with Crippen molar-refractivity contribution in [3.05, 3.63) is 36.5 Å². The molecule has 1 aliphatic heterocycles. The Bertz CT molecular complexity index is 894. The van der Waals surface area contributed by atoms with Gasteiger partial charge in [0.2, 0.25) is 5.91 Å². The highest BCUT2D eigenvalue weighted by Gasteiger charge is 2.44. The average Bonchev–Trinajstić information content (AvgIpc) is 3.13. The van der Waals surface area contributed by atoms with Crippen molar-refractivity contribution >= 4 is 5.91 Å². The van der Waals surface area contributed by atoms with Crippen LogP contribution in [-0.4, -0.2) is 87.5 Å². The fourth-order valence-electron chi connectivity index (χ4n) is 6.30. The Morgan fingerprint density at radius 1 is 0.647 bits per heavy atom. The number of carbonyl (C=O) groups excluding carboxylic acids is 1. The maximum absolute atomic E-state index is 12.9. The maximum Gasteiger partial charge on any atom is 0.220 e. The van der Waals surface area contributed by atoms with Crippen LogP contribution in [0, 0.1) is 0 Å². The summed E-state index contributed by atoms with van der Waals surface area (Å²) >= 11 is 0. The van der Waals surface area contributed by atoms with Gasteiger partial charge >= 0.3 is 0 Å². The van der Waals surface area contributed by atoms with Crippen molar-refractivity contribution in [3.8, 4) is 0 Å². The van der Waals surface area contributed by atoms with Crippen molar-refractivity contribution in [2.45, 2.75) is 211 Å². The van der Waals surface area contributed by atoms with Crippen LogP contribution in [0.4, 0.5) is 0 Å². The first kappa shape index (κ1) is 47.4. The average molecular weight is 724 g/mol. The van der Waals surface area contributed by atoms with E-state index < -0.39 is 49.5 Å². The summed E-state index contributed by atoms with van der Waals surface area (Å²) in [7, 11) is 0. The second kappa shape index (κ2) is 33.0. The summed E-state index contributed by atoms with van der Waals surface area (Å²) in [5.41, 5.74) is 0. The zero-order chi connectivity index (χ0) is 37.4. The van der Waals surface area contributed by atoms with Crippen molar-refractivity contribution in [1.82, 2.24) is 5.32 Å². The van der Waals surface area contributed by atoms with Crippen LogP contribution in [0.5, 0.6) is 0 Å². The van der Waals surface area contributed by atoms with Gasteiger partial charge in [-0.25, -0.2) is 0 Å². The number of hydrogen-bond donors (Lipinski definition) is 6. The lowest BCUT2D eigenvalue weighted by Crippen LogP contribution is -2.60. The van der Waals surface area contributed by atoms with Crippen LogP contribution in [0.1, 0.15) is 168 Å². The molecule has 0 saturated carbocycles. The van der Waals surface area contributed by atoms with E-state index in [1.165, 1.54) is 96.3 Å². The number of unbranched alkanes of at least 4 members (excludes halogenated alkanes) is 19. The summed E-state index contributed by atoms with van der Waals surface area (Å²) in [6, 6.07) is -0.822.